The number of amides is 2. The quantitative estimate of drug-likeness (QED) is 0.260. The lowest BCUT2D eigenvalue weighted by molar-refractivity contribution is 0.0945. The van der Waals surface area contributed by atoms with Crippen LogP contribution in [0.2, 0.25) is 0 Å². The largest absolute Gasteiger partial charge is 0.496 e. The molecular formula is C29H30FN3O6S. The van der Waals surface area contributed by atoms with Gasteiger partial charge in [0, 0.05) is 47.3 Å². The van der Waals surface area contributed by atoms with E-state index < -0.39 is 21.7 Å². The topological polar surface area (TPSA) is 127 Å². The number of anilines is 1. The Morgan fingerprint density at radius 1 is 1.00 bits per heavy atom. The Balaban J connectivity index is 2.01. The van der Waals surface area contributed by atoms with Crippen LogP contribution in [0.15, 0.2) is 59.0 Å². The molecule has 0 aliphatic heterocycles. The van der Waals surface area contributed by atoms with Gasteiger partial charge in [-0.15, -0.1) is 0 Å². The van der Waals surface area contributed by atoms with Gasteiger partial charge in [0.05, 0.1) is 24.6 Å². The van der Waals surface area contributed by atoms with Crippen LogP contribution >= 0.6 is 0 Å². The normalized spacial score (nSPS) is 11.5. The minimum Gasteiger partial charge on any atom is -0.496 e. The third-order valence-electron chi connectivity index (χ3n) is 6.11. The SMILES string of the molecule is CNC(=O)c1c(-c2ccc(F)cc2)oc2cc(NS(C)(=O)=O)c(-c3cc(C(=O)NCC(C)C)ccc3OC)cc12. The molecule has 0 atom stereocenters. The van der Waals surface area contributed by atoms with Crippen LogP contribution in [0.25, 0.3) is 33.4 Å². The Morgan fingerprint density at radius 2 is 1.70 bits per heavy atom. The van der Waals surface area contributed by atoms with Gasteiger partial charge in [-0.05, 0) is 54.4 Å². The zero-order chi connectivity index (χ0) is 29.2. The van der Waals surface area contributed by atoms with Crippen molar-refractivity contribution < 1.29 is 31.6 Å². The highest BCUT2D eigenvalue weighted by Crippen LogP contribution is 2.42. The average molecular weight is 568 g/mol. The fourth-order valence-electron chi connectivity index (χ4n) is 4.26. The Labute approximate surface area is 231 Å². The van der Waals surface area contributed by atoms with Crippen molar-refractivity contribution in [1.29, 1.82) is 0 Å². The molecule has 0 unspecified atom stereocenters. The number of carbonyl (C=O) groups excluding carboxylic acids is 2. The predicted octanol–water partition coefficient (Wildman–Crippen LogP) is 5.03. The summed E-state index contributed by atoms with van der Waals surface area (Å²) in [5.41, 5.74) is 2.11. The van der Waals surface area contributed by atoms with Crippen LogP contribution in [-0.4, -0.2) is 47.2 Å². The average Bonchev–Trinajstić information content (AvgIpc) is 3.28. The van der Waals surface area contributed by atoms with Gasteiger partial charge in [0.15, 0.2) is 0 Å². The van der Waals surface area contributed by atoms with E-state index in [2.05, 4.69) is 15.4 Å². The molecule has 4 aromatic rings. The number of ether oxygens (including phenoxy) is 1. The highest BCUT2D eigenvalue weighted by atomic mass is 32.2. The van der Waals surface area contributed by atoms with E-state index in [1.807, 2.05) is 13.8 Å². The van der Waals surface area contributed by atoms with Gasteiger partial charge < -0.3 is 19.8 Å². The number of sulfonamides is 1. The molecule has 11 heteroatoms. The number of benzene rings is 3. The number of fused-ring (bicyclic) bond motifs is 1. The van der Waals surface area contributed by atoms with Gasteiger partial charge >= 0.3 is 0 Å². The molecule has 0 saturated heterocycles. The Morgan fingerprint density at radius 3 is 2.30 bits per heavy atom. The summed E-state index contributed by atoms with van der Waals surface area (Å²) in [7, 11) is -0.826. The van der Waals surface area contributed by atoms with E-state index in [1.54, 1.807) is 24.3 Å². The van der Waals surface area contributed by atoms with Gasteiger partial charge in [0.25, 0.3) is 11.8 Å². The second kappa shape index (κ2) is 11.4. The molecule has 4 rings (SSSR count). The molecule has 0 fully saturated rings. The van der Waals surface area contributed by atoms with Crippen molar-refractivity contribution in [2.24, 2.45) is 5.92 Å². The second-order valence-corrected chi connectivity index (χ2v) is 11.4. The van der Waals surface area contributed by atoms with Crippen molar-refractivity contribution in [1.82, 2.24) is 10.6 Å². The number of rotatable bonds is 9. The Kier molecular flexibility index (Phi) is 8.15. The molecule has 3 aromatic carbocycles. The molecular weight excluding hydrogens is 537 g/mol. The minimum absolute atomic E-state index is 0.149. The third kappa shape index (κ3) is 6.09. The van der Waals surface area contributed by atoms with Gasteiger partial charge in [-0.25, -0.2) is 12.8 Å². The summed E-state index contributed by atoms with van der Waals surface area (Å²) in [6, 6.07) is 13.4. The summed E-state index contributed by atoms with van der Waals surface area (Å²) in [6.45, 7) is 4.43. The van der Waals surface area contributed by atoms with E-state index in [4.69, 9.17) is 9.15 Å². The van der Waals surface area contributed by atoms with Crippen molar-refractivity contribution in [2.45, 2.75) is 13.8 Å². The predicted molar refractivity (Wildman–Crippen MR) is 153 cm³/mol. The number of nitrogens with one attached hydrogen (secondary N) is 3. The summed E-state index contributed by atoms with van der Waals surface area (Å²) >= 11 is 0. The first-order chi connectivity index (χ1) is 18.9. The fraction of sp³-hybridized carbons (Fsp3) is 0.241. The van der Waals surface area contributed by atoms with Crippen molar-refractivity contribution >= 4 is 38.5 Å². The highest BCUT2D eigenvalue weighted by molar-refractivity contribution is 7.92. The lowest BCUT2D eigenvalue weighted by Gasteiger charge is -2.16. The molecule has 3 N–H and O–H groups in total. The number of hydrogen-bond acceptors (Lipinski definition) is 6. The van der Waals surface area contributed by atoms with Crippen LogP contribution in [0.1, 0.15) is 34.6 Å². The van der Waals surface area contributed by atoms with Gasteiger partial charge in [-0.2, -0.15) is 0 Å². The molecule has 210 valence electrons. The Bertz CT molecular complexity index is 1700. The zero-order valence-corrected chi connectivity index (χ0v) is 23.5. The number of methoxy groups -OCH3 is 1. The third-order valence-corrected chi connectivity index (χ3v) is 6.70. The molecule has 1 heterocycles. The van der Waals surface area contributed by atoms with Gasteiger partial charge in [-0.3, -0.25) is 14.3 Å². The van der Waals surface area contributed by atoms with Crippen LogP contribution in [0, 0.1) is 11.7 Å². The van der Waals surface area contributed by atoms with E-state index in [0.29, 0.717) is 39.9 Å². The van der Waals surface area contributed by atoms with Crippen molar-refractivity contribution in [2.75, 3.05) is 31.7 Å². The highest BCUT2D eigenvalue weighted by Gasteiger charge is 2.25. The summed E-state index contributed by atoms with van der Waals surface area (Å²) in [4.78, 5) is 25.9. The van der Waals surface area contributed by atoms with Crippen LogP contribution < -0.4 is 20.1 Å². The van der Waals surface area contributed by atoms with Crippen LogP contribution in [-0.2, 0) is 10.0 Å². The zero-order valence-electron chi connectivity index (χ0n) is 22.7. The maximum atomic E-state index is 13.6. The monoisotopic (exact) mass is 567 g/mol. The lowest BCUT2D eigenvalue weighted by Crippen LogP contribution is -2.27. The van der Waals surface area contributed by atoms with Crippen molar-refractivity contribution in [3.63, 3.8) is 0 Å². The minimum atomic E-state index is -3.75. The Hall–Kier alpha value is -4.38. The molecule has 1 aromatic heterocycles. The summed E-state index contributed by atoms with van der Waals surface area (Å²) in [5.74, 6) is -0.404. The summed E-state index contributed by atoms with van der Waals surface area (Å²) < 4.78 is 52.4. The van der Waals surface area contributed by atoms with Crippen LogP contribution in [0.3, 0.4) is 0 Å². The maximum Gasteiger partial charge on any atom is 0.255 e. The van der Waals surface area contributed by atoms with E-state index in [9.17, 15) is 22.4 Å². The number of carbonyl (C=O) groups is 2. The smallest absolute Gasteiger partial charge is 0.255 e. The number of halogens is 1. The molecule has 0 bridgehead atoms. The van der Waals surface area contributed by atoms with Crippen molar-refractivity contribution in [3.05, 3.63) is 71.5 Å². The summed E-state index contributed by atoms with van der Waals surface area (Å²) in [5, 5.41) is 5.85. The van der Waals surface area contributed by atoms with E-state index in [-0.39, 0.29) is 34.4 Å². The fourth-order valence-corrected chi connectivity index (χ4v) is 4.83. The molecule has 0 aliphatic rings. The van der Waals surface area contributed by atoms with Crippen LogP contribution in [0.5, 0.6) is 5.75 Å². The molecule has 0 spiro atoms. The first-order valence-electron chi connectivity index (χ1n) is 12.4. The molecule has 0 aliphatic carbocycles. The van der Waals surface area contributed by atoms with E-state index in [1.165, 1.54) is 44.5 Å². The lowest BCUT2D eigenvalue weighted by atomic mass is 9.96. The van der Waals surface area contributed by atoms with E-state index >= 15 is 0 Å². The van der Waals surface area contributed by atoms with Gasteiger partial charge in [0.1, 0.15) is 22.9 Å². The molecule has 0 saturated carbocycles. The summed E-state index contributed by atoms with van der Waals surface area (Å²) in [6.07, 6.45) is 1.01. The van der Waals surface area contributed by atoms with Crippen molar-refractivity contribution in [3.8, 4) is 28.2 Å². The number of furan rings is 1. The second-order valence-electron chi connectivity index (χ2n) is 9.68. The molecule has 9 nitrogen and oxygen atoms in total. The molecule has 40 heavy (non-hydrogen) atoms. The van der Waals surface area contributed by atoms with E-state index in [0.717, 1.165) is 6.26 Å². The van der Waals surface area contributed by atoms with Crippen LogP contribution in [0.4, 0.5) is 10.1 Å². The maximum absolute atomic E-state index is 13.6. The molecule has 2 amide bonds. The van der Waals surface area contributed by atoms with Gasteiger partial charge in [0.2, 0.25) is 10.0 Å². The van der Waals surface area contributed by atoms with Gasteiger partial charge in [-0.1, -0.05) is 13.8 Å². The first kappa shape index (κ1) is 28.6. The first-order valence-corrected chi connectivity index (χ1v) is 14.3. The molecule has 0 radical (unpaired) electrons. The number of hydrogen-bond donors (Lipinski definition) is 3. The standard InChI is InChI=1S/C29H30FN3O6S/c1-16(2)15-32-28(34)18-8-11-24(38-4)21(12-18)20-13-22-25(14-23(20)33-40(5,36)37)39-27(26(22)29(35)31-3)17-6-9-19(30)10-7-17/h6-14,16,33H,15H2,1-5H3,(H,31,35)(H,32,34).